The average Bonchev–Trinajstić information content (AvgIpc) is 3.43. The normalized spacial score (nSPS) is 15.6. The number of halogens is 1. The van der Waals surface area contributed by atoms with Gasteiger partial charge in [-0.05, 0) is 49.6 Å². The Kier molecular flexibility index (Phi) is 5.33. The first-order chi connectivity index (χ1) is 13.6. The number of nitrogens with zero attached hydrogens (tertiary/aromatic N) is 2. The Labute approximate surface area is 171 Å². The summed E-state index contributed by atoms with van der Waals surface area (Å²) in [4.78, 5) is 30.5. The molecule has 1 N–H and O–H groups in total. The van der Waals surface area contributed by atoms with Gasteiger partial charge in [-0.1, -0.05) is 48.1 Å². The fraction of sp³-hybridized carbons (Fsp3) is 0.286. The van der Waals surface area contributed by atoms with Crippen LogP contribution in [0.2, 0.25) is 5.02 Å². The largest absolute Gasteiger partial charge is 0.352 e. The molecule has 2 amide bonds. The van der Waals surface area contributed by atoms with Crippen molar-refractivity contribution in [2.75, 3.05) is 0 Å². The average molecular weight is 414 g/mol. The molecular formula is C21H20ClN3O2S. The van der Waals surface area contributed by atoms with Crippen molar-refractivity contribution in [3.05, 3.63) is 63.9 Å². The molecule has 1 fully saturated rings. The number of aromatic nitrogens is 1. The number of hydrogen-bond acceptors (Lipinski definition) is 3. The highest BCUT2D eigenvalue weighted by molar-refractivity contribution is 7.16. The molecule has 0 bridgehead atoms. The lowest BCUT2D eigenvalue weighted by Gasteiger charge is -2.17. The van der Waals surface area contributed by atoms with Crippen molar-refractivity contribution in [2.24, 2.45) is 4.99 Å². The van der Waals surface area contributed by atoms with E-state index in [0.717, 1.165) is 23.1 Å². The van der Waals surface area contributed by atoms with Crippen LogP contribution in [-0.4, -0.2) is 22.4 Å². The molecule has 0 radical (unpaired) electrons. The van der Waals surface area contributed by atoms with Crippen molar-refractivity contribution >= 4 is 45.0 Å². The first kappa shape index (κ1) is 18.9. The van der Waals surface area contributed by atoms with Crippen molar-refractivity contribution in [1.82, 2.24) is 9.88 Å². The van der Waals surface area contributed by atoms with E-state index in [9.17, 15) is 9.59 Å². The minimum atomic E-state index is -0.414. The number of hydrogen-bond donors (Lipinski definition) is 1. The summed E-state index contributed by atoms with van der Waals surface area (Å²) < 4.78 is 2.87. The van der Waals surface area contributed by atoms with Gasteiger partial charge < -0.3 is 9.88 Å². The van der Waals surface area contributed by atoms with Gasteiger partial charge in [-0.15, -0.1) is 0 Å². The van der Waals surface area contributed by atoms with Crippen LogP contribution in [0.1, 0.15) is 42.6 Å². The Bertz CT molecular complexity index is 1110. The second-order valence-electron chi connectivity index (χ2n) is 6.86. The molecule has 144 valence electrons. The van der Waals surface area contributed by atoms with E-state index >= 15 is 0 Å². The fourth-order valence-corrected chi connectivity index (χ4v) is 4.41. The van der Waals surface area contributed by atoms with E-state index in [2.05, 4.69) is 10.3 Å². The number of para-hydroxylation sites is 1. The van der Waals surface area contributed by atoms with Crippen molar-refractivity contribution in [1.29, 1.82) is 0 Å². The summed E-state index contributed by atoms with van der Waals surface area (Å²) in [7, 11) is 0. The number of thiazole rings is 1. The topological polar surface area (TPSA) is 63.5 Å². The Morgan fingerprint density at radius 2 is 2.04 bits per heavy atom. The highest BCUT2D eigenvalue weighted by atomic mass is 35.5. The molecule has 0 spiro atoms. The van der Waals surface area contributed by atoms with Crippen molar-refractivity contribution < 1.29 is 9.59 Å². The van der Waals surface area contributed by atoms with E-state index in [0.29, 0.717) is 21.8 Å². The first-order valence-corrected chi connectivity index (χ1v) is 10.5. The second kappa shape index (κ2) is 7.89. The zero-order chi connectivity index (χ0) is 19.7. The third-order valence-corrected chi connectivity index (χ3v) is 6.00. The van der Waals surface area contributed by atoms with Crippen LogP contribution in [0.3, 0.4) is 0 Å². The van der Waals surface area contributed by atoms with E-state index in [1.165, 1.54) is 11.3 Å². The Hall–Kier alpha value is -2.44. The van der Waals surface area contributed by atoms with Crippen LogP contribution in [0.15, 0.2) is 53.5 Å². The minimum Gasteiger partial charge on any atom is -0.352 e. The molecule has 1 atom stereocenters. The molecule has 2 aromatic carbocycles. The molecule has 7 heteroatoms. The number of amides is 2. The minimum absolute atomic E-state index is 0.0230. The van der Waals surface area contributed by atoms with Crippen molar-refractivity contribution in [2.45, 2.75) is 38.3 Å². The van der Waals surface area contributed by atoms with Gasteiger partial charge in [0.2, 0.25) is 5.91 Å². The van der Waals surface area contributed by atoms with Gasteiger partial charge in [0.1, 0.15) is 6.04 Å². The van der Waals surface area contributed by atoms with Crippen molar-refractivity contribution in [3.8, 4) is 0 Å². The predicted octanol–water partition coefficient (Wildman–Crippen LogP) is 4.33. The second-order valence-corrected chi connectivity index (χ2v) is 8.30. The van der Waals surface area contributed by atoms with Gasteiger partial charge in [0, 0.05) is 16.6 Å². The van der Waals surface area contributed by atoms with Crippen LogP contribution in [0.4, 0.5) is 0 Å². The monoisotopic (exact) mass is 413 g/mol. The van der Waals surface area contributed by atoms with E-state index in [-0.39, 0.29) is 17.9 Å². The maximum atomic E-state index is 12.8. The lowest BCUT2D eigenvalue weighted by molar-refractivity contribution is -0.124. The number of nitrogens with one attached hydrogen (secondary N) is 1. The number of carbonyl (C=O) groups excluding carboxylic acids is 2. The molecule has 1 aliphatic carbocycles. The number of benzene rings is 2. The summed E-state index contributed by atoms with van der Waals surface area (Å²) in [6.45, 7) is 1.97. The maximum Gasteiger partial charge on any atom is 0.279 e. The molecule has 1 saturated carbocycles. The molecule has 28 heavy (non-hydrogen) atoms. The van der Waals surface area contributed by atoms with Crippen LogP contribution in [0, 0.1) is 0 Å². The van der Waals surface area contributed by atoms with Gasteiger partial charge in [0.05, 0.1) is 10.2 Å². The summed E-state index contributed by atoms with van der Waals surface area (Å²) in [6.07, 6.45) is 2.67. The van der Waals surface area contributed by atoms with E-state index in [1.54, 1.807) is 24.3 Å². The third-order valence-electron chi connectivity index (χ3n) is 4.73. The van der Waals surface area contributed by atoms with Crippen LogP contribution >= 0.6 is 22.9 Å². The Morgan fingerprint density at radius 3 is 2.75 bits per heavy atom. The van der Waals surface area contributed by atoms with Gasteiger partial charge in [-0.3, -0.25) is 9.59 Å². The SMILES string of the molecule is CC[C@@H](C(=O)NC1CC1)n1c(=NC(=O)c2cccc(Cl)c2)sc2ccccc21. The summed E-state index contributed by atoms with van der Waals surface area (Å²) in [5, 5.41) is 3.56. The molecule has 0 unspecified atom stereocenters. The lowest BCUT2D eigenvalue weighted by atomic mass is 10.2. The molecule has 3 aromatic rings. The molecule has 0 saturated heterocycles. The number of carbonyl (C=O) groups is 2. The van der Waals surface area contributed by atoms with Crippen molar-refractivity contribution in [3.63, 3.8) is 0 Å². The maximum absolute atomic E-state index is 12.8. The molecule has 4 rings (SSSR count). The number of fused-ring (bicyclic) bond motifs is 1. The van der Waals surface area contributed by atoms with Gasteiger partial charge in [-0.2, -0.15) is 4.99 Å². The van der Waals surface area contributed by atoms with E-state index in [1.807, 2.05) is 35.8 Å². The molecule has 5 nitrogen and oxygen atoms in total. The van der Waals surface area contributed by atoms with Crippen LogP contribution in [-0.2, 0) is 4.79 Å². The van der Waals surface area contributed by atoms with Gasteiger partial charge >= 0.3 is 0 Å². The van der Waals surface area contributed by atoms with Gasteiger partial charge in [0.25, 0.3) is 5.91 Å². The molecule has 1 aromatic heterocycles. The molecule has 1 heterocycles. The van der Waals surface area contributed by atoms with E-state index in [4.69, 9.17) is 11.6 Å². The fourth-order valence-electron chi connectivity index (χ4n) is 3.15. The Morgan fingerprint density at radius 1 is 1.25 bits per heavy atom. The van der Waals surface area contributed by atoms with Crippen LogP contribution < -0.4 is 10.1 Å². The van der Waals surface area contributed by atoms with Crippen LogP contribution in [0.25, 0.3) is 10.2 Å². The smallest absolute Gasteiger partial charge is 0.279 e. The summed E-state index contributed by atoms with van der Waals surface area (Å²) >= 11 is 7.42. The van der Waals surface area contributed by atoms with Gasteiger partial charge in [0.15, 0.2) is 4.80 Å². The number of rotatable bonds is 5. The standard InChI is InChI=1S/C21H20ClN3O2S/c1-2-16(20(27)23-15-10-11-15)25-17-8-3-4-9-18(17)28-21(25)24-19(26)13-6-5-7-14(22)12-13/h3-9,12,15-16H,2,10-11H2,1H3,(H,23,27)/t16-/m0/s1. The summed E-state index contributed by atoms with van der Waals surface area (Å²) in [5.74, 6) is -0.398. The molecule has 1 aliphatic rings. The molecular weight excluding hydrogens is 394 g/mol. The first-order valence-electron chi connectivity index (χ1n) is 9.32. The van der Waals surface area contributed by atoms with Gasteiger partial charge in [-0.25, -0.2) is 0 Å². The zero-order valence-corrected chi connectivity index (χ0v) is 17.0. The third kappa shape index (κ3) is 3.88. The lowest BCUT2D eigenvalue weighted by Crippen LogP contribution is -2.37. The van der Waals surface area contributed by atoms with E-state index < -0.39 is 6.04 Å². The predicted molar refractivity (Wildman–Crippen MR) is 112 cm³/mol. The quantitative estimate of drug-likeness (QED) is 0.676. The zero-order valence-electron chi connectivity index (χ0n) is 15.4. The Balaban J connectivity index is 1.82. The summed E-state index contributed by atoms with van der Waals surface area (Å²) in [5.41, 5.74) is 1.33. The highest BCUT2D eigenvalue weighted by Gasteiger charge is 2.29. The molecule has 0 aliphatic heterocycles. The van der Waals surface area contributed by atoms with Crippen LogP contribution in [0.5, 0.6) is 0 Å². The summed E-state index contributed by atoms with van der Waals surface area (Å²) in [6, 6.07) is 14.4. The highest BCUT2D eigenvalue weighted by Crippen LogP contribution is 2.25.